The first-order chi connectivity index (χ1) is 11.4. The molecule has 0 radical (unpaired) electrons. The van der Waals surface area contributed by atoms with Crippen molar-refractivity contribution in [3.8, 4) is 0 Å². The predicted octanol–water partition coefficient (Wildman–Crippen LogP) is 2.89. The zero-order valence-electron chi connectivity index (χ0n) is 15.0. The van der Waals surface area contributed by atoms with E-state index in [0.717, 1.165) is 37.7 Å². The van der Waals surface area contributed by atoms with Gasteiger partial charge in [-0.25, -0.2) is 4.98 Å². The highest BCUT2D eigenvalue weighted by atomic mass is 32.1. The van der Waals surface area contributed by atoms with Crippen LogP contribution in [0.25, 0.3) is 0 Å². The zero-order valence-corrected chi connectivity index (χ0v) is 15.8. The summed E-state index contributed by atoms with van der Waals surface area (Å²) in [6, 6.07) is 0.492. The van der Waals surface area contributed by atoms with E-state index in [4.69, 9.17) is 9.51 Å². The third kappa shape index (κ3) is 4.62. The predicted molar refractivity (Wildman–Crippen MR) is 95.0 cm³/mol. The summed E-state index contributed by atoms with van der Waals surface area (Å²) >= 11 is 1.76. The van der Waals surface area contributed by atoms with E-state index in [1.54, 1.807) is 11.3 Å². The van der Waals surface area contributed by atoms with Crippen LogP contribution in [0, 0.1) is 6.92 Å². The molecule has 0 unspecified atom stereocenters. The van der Waals surface area contributed by atoms with Crippen LogP contribution in [-0.2, 0) is 18.5 Å². The molecular formula is C17H27N5OS. The van der Waals surface area contributed by atoms with Gasteiger partial charge in [0.25, 0.3) is 0 Å². The van der Waals surface area contributed by atoms with Gasteiger partial charge in [-0.05, 0) is 19.4 Å². The lowest BCUT2D eigenvalue weighted by molar-refractivity contribution is 0.177. The largest absolute Gasteiger partial charge is 0.340 e. The molecule has 0 amide bonds. The van der Waals surface area contributed by atoms with Crippen LogP contribution in [0.3, 0.4) is 0 Å². The molecule has 0 spiro atoms. The Hall–Kier alpha value is -1.31. The van der Waals surface area contributed by atoms with Gasteiger partial charge in [-0.3, -0.25) is 4.90 Å². The SMILES string of the molecule is Cc1nc(CN2CCC[C@@H](NCc3csc(C(C)(C)C)n3)C2)no1. The Morgan fingerprint density at radius 1 is 1.38 bits per heavy atom. The Balaban J connectivity index is 1.49. The number of piperidine rings is 1. The molecule has 0 saturated carbocycles. The third-order valence-electron chi connectivity index (χ3n) is 4.21. The molecule has 1 fully saturated rings. The van der Waals surface area contributed by atoms with Gasteiger partial charge in [0.05, 0.1) is 17.2 Å². The molecule has 3 heterocycles. The number of hydrogen-bond acceptors (Lipinski definition) is 7. The van der Waals surface area contributed by atoms with Crippen LogP contribution >= 0.6 is 11.3 Å². The van der Waals surface area contributed by atoms with Crippen molar-refractivity contribution in [1.29, 1.82) is 0 Å². The Bertz CT molecular complexity index is 660. The molecule has 6 nitrogen and oxygen atoms in total. The van der Waals surface area contributed by atoms with Crippen LogP contribution in [0.5, 0.6) is 0 Å². The fourth-order valence-corrected chi connectivity index (χ4v) is 3.86. The summed E-state index contributed by atoms with van der Waals surface area (Å²) in [5, 5.41) is 11.0. The van der Waals surface area contributed by atoms with Gasteiger partial charge in [-0.1, -0.05) is 25.9 Å². The topological polar surface area (TPSA) is 67.1 Å². The summed E-state index contributed by atoms with van der Waals surface area (Å²) in [5.41, 5.74) is 1.28. The molecule has 1 aliphatic rings. The highest BCUT2D eigenvalue weighted by molar-refractivity contribution is 7.09. The minimum Gasteiger partial charge on any atom is -0.340 e. The van der Waals surface area contributed by atoms with E-state index in [1.807, 2.05) is 6.92 Å². The number of likely N-dealkylation sites (tertiary alicyclic amines) is 1. The van der Waals surface area contributed by atoms with Crippen molar-refractivity contribution in [3.63, 3.8) is 0 Å². The second-order valence-electron chi connectivity index (χ2n) is 7.58. The lowest BCUT2D eigenvalue weighted by atomic mass is 9.98. The summed E-state index contributed by atoms with van der Waals surface area (Å²) in [6.07, 6.45) is 2.40. The second-order valence-corrected chi connectivity index (χ2v) is 8.44. The smallest absolute Gasteiger partial charge is 0.223 e. The lowest BCUT2D eigenvalue weighted by Gasteiger charge is -2.32. The van der Waals surface area contributed by atoms with E-state index < -0.39 is 0 Å². The molecule has 2 aromatic heterocycles. The van der Waals surface area contributed by atoms with E-state index in [9.17, 15) is 0 Å². The van der Waals surface area contributed by atoms with Crippen LogP contribution in [0.1, 0.15) is 56.0 Å². The maximum Gasteiger partial charge on any atom is 0.223 e. The van der Waals surface area contributed by atoms with Gasteiger partial charge in [-0.2, -0.15) is 4.98 Å². The van der Waals surface area contributed by atoms with Gasteiger partial charge in [-0.15, -0.1) is 11.3 Å². The summed E-state index contributed by atoms with van der Waals surface area (Å²) in [5.74, 6) is 1.41. The maximum atomic E-state index is 5.06. The van der Waals surface area contributed by atoms with Crippen molar-refractivity contribution < 1.29 is 4.52 Å². The molecule has 1 aliphatic heterocycles. The number of hydrogen-bond donors (Lipinski definition) is 1. The first kappa shape index (κ1) is 17.5. The number of nitrogens with one attached hydrogen (secondary N) is 1. The molecule has 24 heavy (non-hydrogen) atoms. The van der Waals surface area contributed by atoms with Gasteiger partial charge >= 0.3 is 0 Å². The van der Waals surface area contributed by atoms with Crippen LogP contribution in [0.15, 0.2) is 9.90 Å². The number of aryl methyl sites for hydroxylation is 1. The number of aromatic nitrogens is 3. The number of rotatable bonds is 5. The molecule has 0 aliphatic carbocycles. The van der Waals surface area contributed by atoms with E-state index in [0.29, 0.717) is 11.9 Å². The molecule has 1 saturated heterocycles. The van der Waals surface area contributed by atoms with Crippen LogP contribution in [0.4, 0.5) is 0 Å². The van der Waals surface area contributed by atoms with Crippen molar-refractivity contribution in [2.75, 3.05) is 13.1 Å². The van der Waals surface area contributed by atoms with Gasteiger partial charge in [0.15, 0.2) is 5.82 Å². The van der Waals surface area contributed by atoms with Crippen molar-refractivity contribution in [3.05, 3.63) is 27.8 Å². The van der Waals surface area contributed by atoms with E-state index in [2.05, 4.69) is 46.5 Å². The van der Waals surface area contributed by atoms with Crippen molar-refractivity contribution >= 4 is 11.3 Å². The Labute approximate surface area is 147 Å². The fraction of sp³-hybridized carbons (Fsp3) is 0.706. The molecule has 3 rings (SSSR count). The summed E-state index contributed by atoms with van der Waals surface area (Å²) < 4.78 is 5.06. The van der Waals surface area contributed by atoms with E-state index in [-0.39, 0.29) is 5.41 Å². The maximum absolute atomic E-state index is 5.06. The van der Waals surface area contributed by atoms with E-state index in [1.165, 1.54) is 17.8 Å². The number of nitrogens with zero attached hydrogens (tertiary/aromatic N) is 4. The minimum absolute atomic E-state index is 0.132. The second kappa shape index (κ2) is 7.29. The molecule has 2 aromatic rings. The highest BCUT2D eigenvalue weighted by Gasteiger charge is 2.22. The molecule has 0 aromatic carbocycles. The van der Waals surface area contributed by atoms with Crippen LogP contribution in [-0.4, -0.2) is 39.2 Å². The summed E-state index contributed by atoms with van der Waals surface area (Å²) in [4.78, 5) is 11.5. The van der Waals surface area contributed by atoms with Crippen molar-refractivity contribution in [1.82, 2.24) is 25.3 Å². The molecule has 1 atom stereocenters. The Morgan fingerprint density at radius 3 is 2.88 bits per heavy atom. The summed E-state index contributed by atoms with van der Waals surface area (Å²) in [7, 11) is 0. The minimum atomic E-state index is 0.132. The van der Waals surface area contributed by atoms with Gasteiger partial charge in [0, 0.05) is 36.9 Å². The first-order valence-electron chi connectivity index (χ1n) is 8.60. The average molecular weight is 350 g/mol. The quantitative estimate of drug-likeness (QED) is 0.895. The monoisotopic (exact) mass is 349 g/mol. The zero-order chi connectivity index (χ0) is 17.2. The van der Waals surface area contributed by atoms with Crippen LogP contribution < -0.4 is 5.32 Å². The lowest BCUT2D eigenvalue weighted by Crippen LogP contribution is -2.45. The molecule has 0 bridgehead atoms. The average Bonchev–Trinajstić information content (AvgIpc) is 3.14. The number of thiazole rings is 1. The van der Waals surface area contributed by atoms with Gasteiger partial charge < -0.3 is 9.84 Å². The molecule has 132 valence electrons. The highest BCUT2D eigenvalue weighted by Crippen LogP contribution is 2.25. The van der Waals surface area contributed by atoms with Crippen molar-refractivity contribution in [2.45, 2.75) is 65.1 Å². The van der Waals surface area contributed by atoms with Crippen LogP contribution in [0.2, 0.25) is 0 Å². The molecule has 1 N–H and O–H groups in total. The Kier molecular flexibility index (Phi) is 5.32. The normalized spacial score (nSPS) is 19.8. The third-order valence-corrected chi connectivity index (χ3v) is 5.52. The van der Waals surface area contributed by atoms with Gasteiger partial charge in [0.1, 0.15) is 0 Å². The van der Waals surface area contributed by atoms with E-state index >= 15 is 0 Å². The summed E-state index contributed by atoms with van der Waals surface area (Å²) in [6.45, 7) is 12.2. The first-order valence-corrected chi connectivity index (χ1v) is 9.48. The molecular weight excluding hydrogens is 322 g/mol. The fourth-order valence-electron chi connectivity index (χ4n) is 2.95. The van der Waals surface area contributed by atoms with Gasteiger partial charge in [0.2, 0.25) is 5.89 Å². The molecule has 7 heteroatoms. The standard InChI is InChI=1S/C17H27N5OS/c1-12-19-15(21-23-12)10-22-7-5-6-13(9-22)18-8-14-11-24-16(20-14)17(2,3)4/h11,13,18H,5-10H2,1-4H3/t13-/m1/s1. The van der Waals surface area contributed by atoms with Crippen molar-refractivity contribution in [2.24, 2.45) is 0 Å². The Morgan fingerprint density at radius 2 is 2.21 bits per heavy atom.